The van der Waals surface area contributed by atoms with Crippen LogP contribution in [-0.2, 0) is 4.79 Å². The maximum absolute atomic E-state index is 13.4. The van der Waals surface area contributed by atoms with Gasteiger partial charge in [-0.25, -0.2) is 4.39 Å². The highest BCUT2D eigenvalue weighted by Gasteiger charge is 2.14. The molecule has 0 radical (unpaired) electrons. The maximum atomic E-state index is 13.4. The van der Waals surface area contributed by atoms with E-state index in [1.807, 2.05) is 0 Å². The molecular formula is C16H17FN2O3S. The van der Waals surface area contributed by atoms with E-state index in [1.54, 1.807) is 38.1 Å². The maximum Gasteiger partial charge on any atom is 0.273 e. The van der Waals surface area contributed by atoms with E-state index >= 15 is 0 Å². The van der Waals surface area contributed by atoms with Gasteiger partial charge >= 0.3 is 0 Å². The fourth-order valence-corrected chi connectivity index (χ4v) is 2.82. The number of hydrogen-bond acceptors (Lipinski definition) is 4. The van der Waals surface area contributed by atoms with Gasteiger partial charge < -0.3 is 4.42 Å². The van der Waals surface area contributed by atoms with E-state index in [0.717, 1.165) is 0 Å². The Morgan fingerprint density at radius 3 is 2.61 bits per heavy atom. The molecule has 0 aliphatic rings. The first-order valence-electron chi connectivity index (χ1n) is 7.01. The molecule has 1 aromatic carbocycles. The molecule has 2 rings (SSSR count). The molecule has 0 fully saturated rings. The van der Waals surface area contributed by atoms with E-state index in [2.05, 4.69) is 10.9 Å². The number of amides is 2. The molecule has 0 saturated carbocycles. The van der Waals surface area contributed by atoms with Crippen LogP contribution in [-0.4, -0.2) is 17.6 Å². The zero-order chi connectivity index (χ0) is 16.8. The number of hydrazine groups is 1. The molecule has 2 amide bonds. The van der Waals surface area contributed by atoms with Crippen LogP contribution in [0.2, 0.25) is 0 Å². The van der Waals surface area contributed by atoms with Crippen LogP contribution in [0.3, 0.4) is 0 Å². The topological polar surface area (TPSA) is 71.3 Å². The average Bonchev–Trinajstić information content (AvgIpc) is 2.85. The van der Waals surface area contributed by atoms with Gasteiger partial charge in [-0.1, -0.05) is 12.1 Å². The number of carbonyl (C=O) groups excluding carboxylic acids is 2. The normalized spacial score (nSPS) is 10.4. The Kier molecular flexibility index (Phi) is 5.81. The van der Waals surface area contributed by atoms with Crippen LogP contribution in [0.4, 0.5) is 4.39 Å². The van der Waals surface area contributed by atoms with E-state index in [9.17, 15) is 14.0 Å². The summed E-state index contributed by atoms with van der Waals surface area (Å²) >= 11 is 1.25. The molecule has 1 aromatic heterocycles. The van der Waals surface area contributed by atoms with E-state index in [4.69, 9.17) is 4.42 Å². The minimum Gasteiger partial charge on any atom is -0.466 e. The monoisotopic (exact) mass is 336 g/mol. The minimum atomic E-state index is -0.436. The van der Waals surface area contributed by atoms with Crippen molar-refractivity contribution in [1.82, 2.24) is 10.9 Å². The molecule has 0 unspecified atom stereocenters. The third kappa shape index (κ3) is 4.85. The second kappa shape index (κ2) is 7.82. The molecule has 5 nitrogen and oxygen atoms in total. The Morgan fingerprint density at radius 2 is 1.96 bits per heavy atom. The van der Waals surface area contributed by atoms with Gasteiger partial charge in [-0.2, -0.15) is 0 Å². The van der Waals surface area contributed by atoms with E-state index in [1.165, 1.54) is 17.8 Å². The van der Waals surface area contributed by atoms with Crippen molar-refractivity contribution in [1.29, 1.82) is 0 Å². The smallest absolute Gasteiger partial charge is 0.273 e. The first kappa shape index (κ1) is 17.1. The van der Waals surface area contributed by atoms with Crippen LogP contribution in [0.25, 0.3) is 0 Å². The van der Waals surface area contributed by atoms with Gasteiger partial charge in [-0.15, -0.1) is 11.8 Å². The van der Waals surface area contributed by atoms with Crippen LogP contribution < -0.4 is 10.9 Å². The van der Waals surface area contributed by atoms with Gasteiger partial charge in [0.05, 0.1) is 5.56 Å². The fourth-order valence-electron chi connectivity index (χ4n) is 1.93. The van der Waals surface area contributed by atoms with Crippen molar-refractivity contribution in [3.05, 3.63) is 53.2 Å². The largest absolute Gasteiger partial charge is 0.466 e. The Hall–Kier alpha value is -2.28. The van der Waals surface area contributed by atoms with Crippen molar-refractivity contribution in [2.24, 2.45) is 0 Å². The number of nitrogens with one attached hydrogen (secondary N) is 2. The summed E-state index contributed by atoms with van der Waals surface area (Å²) in [4.78, 5) is 24.1. The number of thioether (sulfide) groups is 1. The molecule has 0 aliphatic heterocycles. The molecule has 0 bridgehead atoms. The van der Waals surface area contributed by atoms with Gasteiger partial charge in [0.2, 0.25) is 5.91 Å². The predicted molar refractivity (Wildman–Crippen MR) is 85.5 cm³/mol. The Bertz CT molecular complexity index is 715. The lowest BCUT2D eigenvalue weighted by molar-refractivity contribution is -0.121. The van der Waals surface area contributed by atoms with Crippen molar-refractivity contribution in [3.8, 4) is 0 Å². The number of benzene rings is 1. The highest BCUT2D eigenvalue weighted by atomic mass is 32.2. The summed E-state index contributed by atoms with van der Waals surface area (Å²) in [6, 6.07) is 7.98. The number of halogens is 1. The second-order valence-electron chi connectivity index (χ2n) is 4.86. The summed E-state index contributed by atoms with van der Waals surface area (Å²) in [5.74, 6) is 0.433. The highest BCUT2D eigenvalue weighted by molar-refractivity contribution is 7.99. The summed E-state index contributed by atoms with van der Waals surface area (Å²) in [6.07, 6.45) is 0.155. The van der Waals surface area contributed by atoms with Crippen molar-refractivity contribution in [3.63, 3.8) is 0 Å². The molecule has 122 valence electrons. The number of aryl methyl sites for hydroxylation is 2. The van der Waals surface area contributed by atoms with Crippen LogP contribution in [0.15, 0.2) is 39.6 Å². The molecular weight excluding hydrogens is 319 g/mol. The molecule has 23 heavy (non-hydrogen) atoms. The summed E-state index contributed by atoms with van der Waals surface area (Å²) in [7, 11) is 0. The molecule has 0 spiro atoms. The van der Waals surface area contributed by atoms with E-state index < -0.39 is 5.91 Å². The van der Waals surface area contributed by atoms with Gasteiger partial charge in [-0.05, 0) is 32.0 Å². The van der Waals surface area contributed by atoms with Gasteiger partial charge in [0, 0.05) is 17.1 Å². The molecule has 0 atom stereocenters. The van der Waals surface area contributed by atoms with Crippen LogP contribution in [0, 0.1) is 19.7 Å². The minimum absolute atomic E-state index is 0.155. The molecule has 2 aromatic rings. The number of furan rings is 1. The molecule has 2 N–H and O–H groups in total. The third-order valence-electron chi connectivity index (χ3n) is 3.02. The number of carbonyl (C=O) groups is 2. The summed E-state index contributed by atoms with van der Waals surface area (Å²) in [5, 5.41) is 0. The average molecular weight is 336 g/mol. The van der Waals surface area contributed by atoms with E-state index in [0.29, 0.717) is 27.7 Å². The predicted octanol–water partition coefficient (Wildman–Crippen LogP) is 2.98. The van der Waals surface area contributed by atoms with Crippen LogP contribution in [0.1, 0.15) is 28.3 Å². The lowest BCUT2D eigenvalue weighted by Crippen LogP contribution is -2.41. The van der Waals surface area contributed by atoms with Gasteiger partial charge in [-0.3, -0.25) is 20.4 Å². The SMILES string of the molecule is Cc1cc(C(=O)NNC(=O)CCSc2ccccc2F)c(C)o1. The van der Waals surface area contributed by atoms with Gasteiger partial charge in [0.25, 0.3) is 5.91 Å². The van der Waals surface area contributed by atoms with Gasteiger partial charge in [0.1, 0.15) is 17.3 Å². The van der Waals surface area contributed by atoms with Gasteiger partial charge in [0.15, 0.2) is 0 Å². The number of rotatable bonds is 5. The highest BCUT2D eigenvalue weighted by Crippen LogP contribution is 2.21. The summed E-state index contributed by atoms with van der Waals surface area (Å²) in [5.41, 5.74) is 5.04. The number of hydrogen-bond donors (Lipinski definition) is 2. The standard InChI is InChI=1S/C16H17FN2O3S/c1-10-9-12(11(2)22-10)16(21)19-18-15(20)7-8-23-14-6-4-3-5-13(14)17/h3-6,9H,7-8H2,1-2H3,(H,18,20)(H,19,21). The Labute approximate surface area is 137 Å². The van der Waals surface area contributed by atoms with Crippen LogP contribution in [0.5, 0.6) is 0 Å². The molecule has 0 saturated heterocycles. The second-order valence-corrected chi connectivity index (χ2v) is 5.99. The van der Waals surface area contributed by atoms with Crippen molar-refractivity contribution < 1.29 is 18.4 Å². The lowest BCUT2D eigenvalue weighted by Gasteiger charge is -2.07. The lowest BCUT2D eigenvalue weighted by atomic mass is 10.2. The first-order chi connectivity index (χ1) is 11.0. The van der Waals surface area contributed by atoms with Crippen LogP contribution >= 0.6 is 11.8 Å². The zero-order valence-electron chi connectivity index (χ0n) is 12.8. The molecule has 1 heterocycles. The molecule has 0 aliphatic carbocycles. The Morgan fingerprint density at radius 1 is 1.22 bits per heavy atom. The first-order valence-corrected chi connectivity index (χ1v) is 7.99. The van der Waals surface area contributed by atoms with Crippen molar-refractivity contribution in [2.45, 2.75) is 25.2 Å². The quantitative estimate of drug-likeness (QED) is 0.650. The third-order valence-corrected chi connectivity index (χ3v) is 4.07. The zero-order valence-corrected chi connectivity index (χ0v) is 13.6. The van der Waals surface area contributed by atoms with Crippen molar-refractivity contribution >= 4 is 23.6 Å². The Balaban J connectivity index is 1.74. The van der Waals surface area contributed by atoms with Crippen molar-refractivity contribution in [2.75, 3.05) is 5.75 Å². The molecule has 7 heteroatoms. The summed E-state index contributed by atoms with van der Waals surface area (Å²) in [6.45, 7) is 3.41. The fraction of sp³-hybridized carbons (Fsp3) is 0.250. The van der Waals surface area contributed by atoms with E-state index in [-0.39, 0.29) is 18.1 Å². The summed E-state index contributed by atoms with van der Waals surface area (Å²) < 4.78 is 18.7.